The van der Waals surface area contributed by atoms with Gasteiger partial charge in [0, 0.05) is 31.9 Å². The lowest BCUT2D eigenvalue weighted by molar-refractivity contribution is -0.137. The Balaban J connectivity index is 1.81. The Labute approximate surface area is 153 Å². The molecule has 1 saturated heterocycles. The van der Waals surface area contributed by atoms with E-state index < -0.39 is 11.7 Å². The molecule has 1 unspecified atom stereocenters. The number of hydrogen-bond acceptors (Lipinski definition) is 6. The van der Waals surface area contributed by atoms with E-state index in [1.165, 1.54) is 0 Å². The predicted octanol–water partition coefficient (Wildman–Crippen LogP) is 2.63. The van der Waals surface area contributed by atoms with E-state index in [1.54, 1.807) is 24.7 Å². The number of nitrogens with zero attached hydrogens (tertiary/aromatic N) is 4. The van der Waals surface area contributed by atoms with Crippen molar-refractivity contribution in [2.75, 3.05) is 23.7 Å². The van der Waals surface area contributed by atoms with Crippen LogP contribution in [0, 0.1) is 6.92 Å². The van der Waals surface area contributed by atoms with Crippen molar-refractivity contribution in [1.82, 2.24) is 25.1 Å². The molecule has 146 valence electrons. The molecule has 3 rings (SSSR count). The lowest BCUT2D eigenvalue weighted by atomic mass is 10.1. The first kappa shape index (κ1) is 18.9. The van der Waals surface area contributed by atoms with Crippen LogP contribution in [-0.2, 0) is 11.0 Å². The normalized spacial score (nSPS) is 17.5. The molecule has 1 fully saturated rings. The lowest BCUT2D eigenvalue weighted by Crippen LogP contribution is -2.36. The summed E-state index contributed by atoms with van der Waals surface area (Å²) in [5.74, 6) is -0.219. The average molecular weight is 383 g/mol. The molecule has 1 atom stereocenters. The van der Waals surface area contributed by atoms with Crippen molar-refractivity contribution in [2.45, 2.75) is 38.9 Å². The first-order valence-corrected chi connectivity index (χ1v) is 8.55. The zero-order valence-corrected chi connectivity index (χ0v) is 14.9. The summed E-state index contributed by atoms with van der Waals surface area (Å²) in [6.07, 6.45) is -0.939. The minimum atomic E-state index is -4.54. The van der Waals surface area contributed by atoms with Crippen molar-refractivity contribution in [2.24, 2.45) is 0 Å². The smallest absolute Gasteiger partial charge is 0.370 e. The van der Waals surface area contributed by atoms with Crippen LogP contribution in [0.4, 0.5) is 30.6 Å². The second kappa shape index (κ2) is 7.41. The molecule has 3 heterocycles. The standard InChI is InChI=1S/C16H20F3N7O/c1-3-20-14-11(16(17,18)19)7-22-15(24-14)23-12-8-26(25-9(12)2)10-4-5-13(27)21-6-10/h7-8,10H,3-6H2,1-2H3,(H,21,27)(H2,20,22,23,24). The van der Waals surface area contributed by atoms with Crippen LogP contribution in [0.1, 0.15) is 37.1 Å². The molecular weight excluding hydrogens is 363 g/mol. The van der Waals surface area contributed by atoms with Crippen molar-refractivity contribution in [3.8, 4) is 0 Å². The molecule has 0 radical (unpaired) electrons. The van der Waals surface area contributed by atoms with Crippen LogP contribution in [0.25, 0.3) is 0 Å². The minimum Gasteiger partial charge on any atom is -0.370 e. The number of rotatable bonds is 5. The fraction of sp³-hybridized carbons (Fsp3) is 0.500. The summed E-state index contributed by atoms with van der Waals surface area (Å²) < 4.78 is 40.9. The maximum absolute atomic E-state index is 13.0. The highest BCUT2D eigenvalue weighted by Gasteiger charge is 2.35. The first-order valence-electron chi connectivity index (χ1n) is 8.55. The molecule has 0 aromatic carbocycles. The fourth-order valence-corrected chi connectivity index (χ4v) is 2.81. The van der Waals surface area contributed by atoms with E-state index in [9.17, 15) is 18.0 Å². The third-order valence-electron chi connectivity index (χ3n) is 4.22. The van der Waals surface area contributed by atoms with Gasteiger partial charge in [0.1, 0.15) is 11.4 Å². The van der Waals surface area contributed by atoms with Crippen LogP contribution in [0.2, 0.25) is 0 Å². The Morgan fingerprint density at radius 2 is 2.19 bits per heavy atom. The fourth-order valence-electron chi connectivity index (χ4n) is 2.81. The van der Waals surface area contributed by atoms with Crippen molar-refractivity contribution < 1.29 is 18.0 Å². The number of aromatic nitrogens is 4. The first-order chi connectivity index (χ1) is 12.8. The molecule has 0 bridgehead atoms. The number of alkyl halides is 3. The molecule has 1 amide bonds. The van der Waals surface area contributed by atoms with Crippen LogP contribution in [0.15, 0.2) is 12.4 Å². The number of amides is 1. The molecule has 3 N–H and O–H groups in total. The topological polar surface area (TPSA) is 96.8 Å². The van der Waals surface area contributed by atoms with E-state index in [-0.39, 0.29) is 23.7 Å². The third-order valence-corrected chi connectivity index (χ3v) is 4.22. The van der Waals surface area contributed by atoms with Gasteiger partial charge >= 0.3 is 6.18 Å². The summed E-state index contributed by atoms with van der Waals surface area (Å²) >= 11 is 0. The van der Waals surface area contributed by atoms with Crippen LogP contribution in [-0.4, -0.2) is 38.7 Å². The van der Waals surface area contributed by atoms with Gasteiger partial charge in [-0.15, -0.1) is 0 Å². The van der Waals surface area contributed by atoms with E-state index in [0.29, 0.717) is 37.3 Å². The number of piperidine rings is 1. The number of carbonyl (C=O) groups excluding carboxylic acids is 1. The van der Waals surface area contributed by atoms with Gasteiger partial charge in [-0.3, -0.25) is 9.48 Å². The van der Waals surface area contributed by atoms with Gasteiger partial charge in [-0.2, -0.15) is 23.3 Å². The van der Waals surface area contributed by atoms with Gasteiger partial charge in [-0.05, 0) is 20.3 Å². The van der Waals surface area contributed by atoms with Gasteiger partial charge in [0.05, 0.1) is 17.4 Å². The average Bonchev–Trinajstić information content (AvgIpc) is 2.95. The Hall–Kier alpha value is -2.85. The summed E-state index contributed by atoms with van der Waals surface area (Å²) in [4.78, 5) is 19.0. The van der Waals surface area contributed by atoms with E-state index in [4.69, 9.17) is 0 Å². The van der Waals surface area contributed by atoms with Crippen LogP contribution < -0.4 is 16.0 Å². The van der Waals surface area contributed by atoms with E-state index in [0.717, 1.165) is 6.20 Å². The molecule has 2 aromatic heterocycles. The SMILES string of the molecule is CCNc1nc(Nc2cn(C3CCC(=O)NC3)nc2C)ncc1C(F)(F)F. The highest BCUT2D eigenvalue weighted by atomic mass is 19.4. The van der Waals surface area contributed by atoms with Crippen molar-refractivity contribution in [1.29, 1.82) is 0 Å². The molecule has 2 aromatic rings. The summed E-state index contributed by atoms with van der Waals surface area (Å²) in [6.45, 7) is 4.24. The molecule has 27 heavy (non-hydrogen) atoms. The molecule has 0 spiro atoms. The Morgan fingerprint density at radius 1 is 1.41 bits per heavy atom. The number of aryl methyl sites for hydroxylation is 1. The quantitative estimate of drug-likeness (QED) is 0.735. The summed E-state index contributed by atoms with van der Waals surface area (Å²) in [6, 6.07) is 0.0304. The van der Waals surface area contributed by atoms with Gasteiger partial charge in [-0.25, -0.2) is 4.98 Å². The van der Waals surface area contributed by atoms with Crippen molar-refractivity contribution >= 4 is 23.4 Å². The van der Waals surface area contributed by atoms with Gasteiger partial charge in [0.15, 0.2) is 0 Å². The monoisotopic (exact) mass is 383 g/mol. The largest absolute Gasteiger partial charge is 0.421 e. The second-order valence-electron chi connectivity index (χ2n) is 6.21. The zero-order chi connectivity index (χ0) is 19.6. The van der Waals surface area contributed by atoms with E-state index in [2.05, 4.69) is 31.0 Å². The van der Waals surface area contributed by atoms with Crippen LogP contribution >= 0.6 is 0 Å². The van der Waals surface area contributed by atoms with Gasteiger partial charge in [-0.1, -0.05) is 0 Å². The van der Waals surface area contributed by atoms with Crippen LogP contribution in [0.3, 0.4) is 0 Å². The van der Waals surface area contributed by atoms with E-state index in [1.807, 2.05) is 0 Å². The lowest BCUT2D eigenvalue weighted by Gasteiger charge is -2.22. The van der Waals surface area contributed by atoms with Crippen LogP contribution in [0.5, 0.6) is 0 Å². The maximum Gasteiger partial charge on any atom is 0.421 e. The molecule has 8 nitrogen and oxygen atoms in total. The predicted molar refractivity (Wildman–Crippen MR) is 92.7 cm³/mol. The Morgan fingerprint density at radius 3 is 2.81 bits per heavy atom. The Bertz CT molecular complexity index is 824. The number of anilines is 3. The highest BCUT2D eigenvalue weighted by Crippen LogP contribution is 2.34. The van der Waals surface area contributed by atoms with Gasteiger partial charge in [0.2, 0.25) is 11.9 Å². The summed E-state index contributed by atoms with van der Waals surface area (Å²) in [5, 5.41) is 12.7. The number of hydrogen-bond donors (Lipinski definition) is 3. The molecule has 0 saturated carbocycles. The maximum atomic E-state index is 13.0. The molecular formula is C16H20F3N7O. The molecule has 0 aliphatic carbocycles. The van der Waals surface area contributed by atoms with Crippen molar-refractivity contribution in [3.05, 3.63) is 23.7 Å². The molecule has 11 heteroatoms. The van der Waals surface area contributed by atoms with Gasteiger partial charge in [0.25, 0.3) is 0 Å². The number of halogens is 3. The molecule has 1 aliphatic heterocycles. The zero-order valence-electron chi connectivity index (χ0n) is 14.9. The number of nitrogens with one attached hydrogen (secondary N) is 3. The van der Waals surface area contributed by atoms with E-state index >= 15 is 0 Å². The van der Waals surface area contributed by atoms with Gasteiger partial charge < -0.3 is 16.0 Å². The van der Waals surface area contributed by atoms with Crippen molar-refractivity contribution in [3.63, 3.8) is 0 Å². The summed E-state index contributed by atoms with van der Waals surface area (Å²) in [5.41, 5.74) is 0.328. The number of carbonyl (C=O) groups is 1. The Kier molecular flexibility index (Phi) is 5.19. The molecule has 1 aliphatic rings. The summed E-state index contributed by atoms with van der Waals surface area (Å²) in [7, 11) is 0. The third kappa shape index (κ3) is 4.29. The minimum absolute atomic E-state index is 0.0163. The highest BCUT2D eigenvalue weighted by molar-refractivity contribution is 5.76. The second-order valence-corrected chi connectivity index (χ2v) is 6.21.